The first-order chi connectivity index (χ1) is 8.66. The zero-order valence-corrected chi connectivity index (χ0v) is 12.3. The van der Waals surface area contributed by atoms with E-state index in [1.807, 2.05) is 0 Å². The summed E-state index contributed by atoms with van der Waals surface area (Å²) in [5, 5.41) is 3.68. The van der Waals surface area contributed by atoms with Gasteiger partial charge in [0.15, 0.2) is 0 Å². The van der Waals surface area contributed by atoms with Gasteiger partial charge in [-0.25, -0.2) is 0 Å². The molecule has 0 radical (unpaired) electrons. The van der Waals surface area contributed by atoms with Gasteiger partial charge >= 0.3 is 0 Å². The molecule has 0 bridgehead atoms. The highest BCUT2D eigenvalue weighted by molar-refractivity contribution is 4.84. The lowest BCUT2D eigenvalue weighted by molar-refractivity contribution is -0.0275. The van der Waals surface area contributed by atoms with Crippen molar-refractivity contribution in [3.05, 3.63) is 0 Å². The summed E-state index contributed by atoms with van der Waals surface area (Å²) in [5.74, 6) is 0. The Hall–Kier alpha value is -0.120. The van der Waals surface area contributed by atoms with Gasteiger partial charge in [0.05, 0.1) is 6.10 Å². The quantitative estimate of drug-likeness (QED) is 0.834. The lowest BCUT2D eigenvalue weighted by Gasteiger charge is -2.41. The van der Waals surface area contributed by atoms with Crippen molar-refractivity contribution < 1.29 is 4.74 Å². The molecular weight excluding hydrogens is 224 g/mol. The fourth-order valence-corrected chi connectivity index (χ4v) is 3.39. The molecule has 1 N–H and O–H groups in total. The van der Waals surface area contributed by atoms with E-state index in [1.54, 1.807) is 0 Å². The Morgan fingerprint density at radius 1 is 1.28 bits per heavy atom. The van der Waals surface area contributed by atoms with E-state index >= 15 is 0 Å². The second-order valence-electron chi connectivity index (χ2n) is 6.30. The van der Waals surface area contributed by atoms with Gasteiger partial charge < -0.3 is 10.1 Å². The lowest BCUT2D eigenvalue weighted by atomic mass is 9.98. The van der Waals surface area contributed by atoms with Crippen LogP contribution in [0.4, 0.5) is 0 Å². The Morgan fingerprint density at radius 2 is 2.11 bits per heavy atom. The average molecular weight is 254 g/mol. The molecule has 3 nitrogen and oxygen atoms in total. The van der Waals surface area contributed by atoms with Gasteiger partial charge in [-0.2, -0.15) is 0 Å². The molecule has 3 unspecified atom stereocenters. The van der Waals surface area contributed by atoms with Gasteiger partial charge in [0.25, 0.3) is 0 Å². The van der Waals surface area contributed by atoms with E-state index in [-0.39, 0.29) is 0 Å². The van der Waals surface area contributed by atoms with Gasteiger partial charge in [-0.3, -0.25) is 4.90 Å². The molecule has 0 aliphatic carbocycles. The molecule has 0 aromatic carbocycles. The Labute approximate surface area is 112 Å². The third-order valence-corrected chi connectivity index (χ3v) is 4.43. The number of rotatable bonds is 4. The topological polar surface area (TPSA) is 24.5 Å². The van der Waals surface area contributed by atoms with E-state index in [4.69, 9.17) is 4.74 Å². The summed E-state index contributed by atoms with van der Waals surface area (Å²) in [6, 6.07) is 2.07. The minimum Gasteiger partial charge on any atom is -0.378 e. The molecule has 0 aromatic rings. The SMILES string of the molecule is CC1CC(N(CC2CCCCN2)C(C)C)CCO1. The number of ether oxygens (including phenoxy) is 1. The molecule has 2 aliphatic rings. The number of nitrogens with one attached hydrogen (secondary N) is 1. The third kappa shape index (κ3) is 3.94. The fraction of sp³-hybridized carbons (Fsp3) is 1.00. The molecule has 2 heterocycles. The van der Waals surface area contributed by atoms with Gasteiger partial charge in [0, 0.05) is 31.3 Å². The molecule has 0 aromatic heterocycles. The zero-order chi connectivity index (χ0) is 13.0. The molecule has 2 fully saturated rings. The van der Waals surface area contributed by atoms with Crippen molar-refractivity contribution in [2.24, 2.45) is 0 Å². The summed E-state index contributed by atoms with van der Waals surface area (Å²) >= 11 is 0. The van der Waals surface area contributed by atoms with Crippen LogP contribution in [0.2, 0.25) is 0 Å². The Morgan fingerprint density at radius 3 is 2.72 bits per heavy atom. The highest BCUT2D eigenvalue weighted by Gasteiger charge is 2.28. The van der Waals surface area contributed by atoms with Gasteiger partial charge in [0.2, 0.25) is 0 Å². The predicted molar refractivity (Wildman–Crippen MR) is 75.9 cm³/mol. The van der Waals surface area contributed by atoms with Crippen LogP contribution in [-0.2, 0) is 4.74 Å². The van der Waals surface area contributed by atoms with E-state index in [9.17, 15) is 0 Å². The maximum atomic E-state index is 5.69. The standard InChI is InChI=1S/C15H30N2O/c1-12(2)17(11-14-6-4-5-8-16-14)15-7-9-18-13(3)10-15/h12-16H,4-11H2,1-3H3. The molecule has 106 valence electrons. The summed E-state index contributed by atoms with van der Waals surface area (Å²) in [6.07, 6.45) is 6.94. The molecular formula is C15H30N2O. The van der Waals surface area contributed by atoms with Crippen LogP contribution in [0.5, 0.6) is 0 Å². The number of piperidine rings is 1. The van der Waals surface area contributed by atoms with Crippen molar-refractivity contribution in [1.82, 2.24) is 10.2 Å². The molecule has 2 aliphatic heterocycles. The second-order valence-corrected chi connectivity index (χ2v) is 6.30. The molecule has 2 saturated heterocycles. The van der Waals surface area contributed by atoms with Crippen LogP contribution in [0.3, 0.4) is 0 Å². The highest BCUT2D eigenvalue weighted by atomic mass is 16.5. The van der Waals surface area contributed by atoms with Crippen LogP contribution in [0.15, 0.2) is 0 Å². The maximum Gasteiger partial charge on any atom is 0.0561 e. The van der Waals surface area contributed by atoms with E-state index in [0.717, 1.165) is 12.6 Å². The van der Waals surface area contributed by atoms with Crippen molar-refractivity contribution in [2.45, 2.75) is 77.1 Å². The summed E-state index contributed by atoms with van der Waals surface area (Å²) in [6.45, 7) is 10.2. The van der Waals surface area contributed by atoms with Crippen LogP contribution in [0.25, 0.3) is 0 Å². The van der Waals surface area contributed by atoms with E-state index in [0.29, 0.717) is 18.2 Å². The van der Waals surface area contributed by atoms with Crippen LogP contribution < -0.4 is 5.32 Å². The van der Waals surface area contributed by atoms with Gasteiger partial charge in [-0.15, -0.1) is 0 Å². The minimum atomic E-state index is 0.435. The number of hydrogen-bond donors (Lipinski definition) is 1. The van der Waals surface area contributed by atoms with Crippen molar-refractivity contribution in [3.8, 4) is 0 Å². The Balaban J connectivity index is 1.89. The van der Waals surface area contributed by atoms with Crippen molar-refractivity contribution >= 4 is 0 Å². The summed E-state index contributed by atoms with van der Waals surface area (Å²) in [7, 11) is 0. The van der Waals surface area contributed by atoms with Crippen LogP contribution in [0.1, 0.15) is 52.9 Å². The van der Waals surface area contributed by atoms with Crippen molar-refractivity contribution in [2.75, 3.05) is 19.7 Å². The molecule has 0 saturated carbocycles. The monoisotopic (exact) mass is 254 g/mol. The third-order valence-electron chi connectivity index (χ3n) is 4.43. The van der Waals surface area contributed by atoms with E-state index in [1.165, 1.54) is 45.2 Å². The molecule has 0 amide bonds. The first kappa shape index (κ1) is 14.3. The normalized spacial score (nSPS) is 34.2. The highest BCUT2D eigenvalue weighted by Crippen LogP contribution is 2.22. The molecule has 0 spiro atoms. The van der Waals surface area contributed by atoms with E-state index < -0.39 is 0 Å². The number of nitrogens with zero attached hydrogens (tertiary/aromatic N) is 1. The van der Waals surface area contributed by atoms with Gasteiger partial charge in [-0.05, 0) is 53.0 Å². The van der Waals surface area contributed by atoms with Crippen LogP contribution in [-0.4, -0.2) is 48.8 Å². The van der Waals surface area contributed by atoms with Crippen molar-refractivity contribution in [3.63, 3.8) is 0 Å². The Kier molecular flexibility index (Phi) is 5.46. The summed E-state index contributed by atoms with van der Waals surface area (Å²) < 4.78 is 5.69. The average Bonchev–Trinajstić information content (AvgIpc) is 2.37. The zero-order valence-electron chi connectivity index (χ0n) is 12.3. The van der Waals surface area contributed by atoms with E-state index in [2.05, 4.69) is 31.0 Å². The molecule has 3 atom stereocenters. The van der Waals surface area contributed by atoms with Gasteiger partial charge in [0.1, 0.15) is 0 Å². The molecule has 3 heteroatoms. The predicted octanol–water partition coefficient (Wildman–Crippen LogP) is 2.41. The first-order valence-corrected chi connectivity index (χ1v) is 7.77. The molecule has 2 rings (SSSR count). The fourth-order valence-electron chi connectivity index (χ4n) is 3.39. The molecule has 18 heavy (non-hydrogen) atoms. The van der Waals surface area contributed by atoms with Crippen molar-refractivity contribution in [1.29, 1.82) is 0 Å². The van der Waals surface area contributed by atoms with Gasteiger partial charge in [-0.1, -0.05) is 6.42 Å². The second kappa shape index (κ2) is 6.88. The largest absolute Gasteiger partial charge is 0.378 e. The number of hydrogen-bond acceptors (Lipinski definition) is 3. The Bertz CT molecular complexity index is 239. The van der Waals surface area contributed by atoms with Crippen LogP contribution in [0, 0.1) is 0 Å². The minimum absolute atomic E-state index is 0.435. The maximum absolute atomic E-state index is 5.69. The lowest BCUT2D eigenvalue weighted by Crippen LogP contribution is -2.52. The smallest absolute Gasteiger partial charge is 0.0561 e. The summed E-state index contributed by atoms with van der Waals surface area (Å²) in [4.78, 5) is 2.71. The summed E-state index contributed by atoms with van der Waals surface area (Å²) in [5.41, 5.74) is 0. The van der Waals surface area contributed by atoms with Crippen LogP contribution >= 0.6 is 0 Å². The first-order valence-electron chi connectivity index (χ1n) is 7.77.